The van der Waals surface area contributed by atoms with Crippen LogP contribution in [0.5, 0.6) is 5.88 Å². The first-order valence-electron chi connectivity index (χ1n) is 4.39. The maximum absolute atomic E-state index is 12.2. The maximum Gasteiger partial charge on any atom is 0.451 e. The van der Waals surface area contributed by atoms with Crippen LogP contribution in [-0.4, -0.2) is 22.8 Å². The van der Waals surface area contributed by atoms with Gasteiger partial charge in [-0.25, -0.2) is 4.98 Å². The van der Waals surface area contributed by atoms with Crippen molar-refractivity contribution >= 4 is 11.6 Å². The molecule has 0 aromatic carbocycles. The molecule has 0 atom stereocenters. The number of hydrogen-bond donors (Lipinski definition) is 0. The lowest BCUT2D eigenvalue weighted by Gasteiger charge is -2.10. The molecule has 10 heteroatoms. The standard InChI is InChI=1S/C8H5ClF6N2O/c9-4-3-5(18-2-1-7(10,11)12)17-6(16-4)8(13,14)15/h3H,1-2H2. The van der Waals surface area contributed by atoms with Gasteiger partial charge in [0.05, 0.1) is 13.0 Å². The first kappa shape index (κ1) is 14.8. The Morgan fingerprint density at radius 2 is 1.72 bits per heavy atom. The van der Waals surface area contributed by atoms with Gasteiger partial charge in [0, 0.05) is 6.07 Å². The highest BCUT2D eigenvalue weighted by atomic mass is 35.5. The fourth-order valence-corrected chi connectivity index (χ4v) is 1.04. The highest BCUT2D eigenvalue weighted by Crippen LogP contribution is 2.29. The van der Waals surface area contributed by atoms with E-state index in [9.17, 15) is 26.3 Å². The van der Waals surface area contributed by atoms with Crippen LogP contribution in [0, 0.1) is 0 Å². The van der Waals surface area contributed by atoms with Crippen molar-refractivity contribution in [1.82, 2.24) is 9.97 Å². The van der Waals surface area contributed by atoms with Crippen molar-refractivity contribution in [3.8, 4) is 5.88 Å². The molecule has 0 N–H and O–H groups in total. The molecule has 1 aromatic heterocycles. The average molecular weight is 295 g/mol. The molecule has 18 heavy (non-hydrogen) atoms. The van der Waals surface area contributed by atoms with Crippen molar-refractivity contribution < 1.29 is 31.1 Å². The lowest BCUT2D eigenvalue weighted by molar-refractivity contribution is -0.146. The molecule has 0 aliphatic carbocycles. The normalized spacial score (nSPS) is 12.6. The topological polar surface area (TPSA) is 35.0 Å². The Morgan fingerprint density at radius 1 is 1.11 bits per heavy atom. The molecule has 0 bridgehead atoms. The van der Waals surface area contributed by atoms with Gasteiger partial charge in [0.25, 0.3) is 0 Å². The molecule has 3 nitrogen and oxygen atoms in total. The van der Waals surface area contributed by atoms with Crippen LogP contribution in [-0.2, 0) is 6.18 Å². The summed E-state index contributed by atoms with van der Waals surface area (Å²) in [5, 5.41) is -0.570. The highest BCUT2D eigenvalue weighted by molar-refractivity contribution is 6.29. The van der Waals surface area contributed by atoms with Crippen molar-refractivity contribution in [2.24, 2.45) is 0 Å². The molecular weight excluding hydrogens is 290 g/mol. The molecule has 102 valence electrons. The van der Waals surface area contributed by atoms with Crippen LogP contribution < -0.4 is 4.74 Å². The zero-order valence-electron chi connectivity index (χ0n) is 8.44. The maximum atomic E-state index is 12.2. The fraction of sp³-hybridized carbons (Fsp3) is 0.500. The predicted molar refractivity (Wildman–Crippen MR) is 48.2 cm³/mol. The summed E-state index contributed by atoms with van der Waals surface area (Å²) in [6.45, 7) is -0.853. The van der Waals surface area contributed by atoms with Gasteiger partial charge < -0.3 is 4.74 Å². The smallest absolute Gasteiger partial charge is 0.451 e. The van der Waals surface area contributed by atoms with Crippen molar-refractivity contribution in [3.63, 3.8) is 0 Å². The molecule has 0 spiro atoms. The zero-order chi connectivity index (χ0) is 14.0. The van der Waals surface area contributed by atoms with Crippen LogP contribution in [0.4, 0.5) is 26.3 Å². The second-order valence-corrected chi connectivity index (χ2v) is 3.45. The Labute approximate surface area is 102 Å². The minimum absolute atomic E-state index is 0.570. The van der Waals surface area contributed by atoms with Gasteiger partial charge in [-0.2, -0.15) is 31.3 Å². The summed E-state index contributed by atoms with van der Waals surface area (Å²) in [4.78, 5) is 5.80. The average Bonchev–Trinajstić information content (AvgIpc) is 2.13. The number of alkyl halides is 6. The monoisotopic (exact) mass is 294 g/mol. The molecule has 0 aliphatic heterocycles. The first-order chi connectivity index (χ1) is 8.08. The number of halogens is 7. The quantitative estimate of drug-likeness (QED) is 0.632. The summed E-state index contributed by atoms with van der Waals surface area (Å²) >= 11 is 5.27. The molecule has 0 radical (unpaired) electrons. The molecule has 0 aliphatic rings. The lowest BCUT2D eigenvalue weighted by atomic mass is 10.4. The SMILES string of the molecule is FC(F)(F)CCOc1cc(Cl)nc(C(F)(F)F)n1. The van der Waals surface area contributed by atoms with Crippen molar-refractivity contribution in [3.05, 3.63) is 17.0 Å². The van der Waals surface area contributed by atoms with Gasteiger partial charge in [0.1, 0.15) is 5.15 Å². The Bertz CT molecular complexity index is 419. The van der Waals surface area contributed by atoms with E-state index in [1.807, 2.05) is 0 Å². The highest BCUT2D eigenvalue weighted by Gasteiger charge is 2.35. The summed E-state index contributed by atoms with van der Waals surface area (Å²) in [6.07, 6.45) is -10.6. The fourth-order valence-electron chi connectivity index (χ4n) is 0.869. The second-order valence-electron chi connectivity index (χ2n) is 3.06. The van der Waals surface area contributed by atoms with Gasteiger partial charge in [0.15, 0.2) is 0 Å². The molecular formula is C8H5ClF6N2O. The van der Waals surface area contributed by atoms with Crippen LogP contribution in [0.25, 0.3) is 0 Å². The van der Waals surface area contributed by atoms with Crippen LogP contribution in [0.2, 0.25) is 5.15 Å². The lowest BCUT2D eigenvalue weighted by Crippen LogP contribution is -2.15. The number of rotatable bonds is 3. The summed E-state index contributed by atoms with van der Waals surface area (Å²) in [5.74, 6) is -2.23. The van der Waals surface area contributed by atoms with E-state index in [0.29, 0.717) is 0 Å². The van der Waals surface area contributed by atoms with Crippen molar-refractivity contribution in [2.45, 2.75) is 18.8 Å². The third-order valence-electron chi connectivity index (χ3n) is 1.56. The van der Waals surface area contributed by atoms with E-state index >= 15 is 0 Å². The van der Waals surface area contributed by atoms with E-state index in [4.69, 9.17) is 11.6 Å². The van der Waals surface area contributed by atoms with Crippen LogP contribution in [0.3, 0.4) is 0 Å². The van der Waals surface area contributed by atoms with E-state index in [0.717, 1.165) is 6.07 Å². The largest absolute Gasteiger partial charge is 0.477 e. The molecule has 0 saturated heterocycles. The molecule has 0 unspecified atom stereocenters. The zero-order valence-corrected chi connectivity index (χ0v) is 9.20. The Hall–Kier alpha value is -1.25. The third-order valence-corrected chi connectivity index (χ3v) is 1.75. The Morgan fingerprint density at radius 3 is 2.22 bits per heavy atom. The predicted octanol–water partition coefficient (Wildman–Crippen LogP) is 3.48. The summed E-state index contributed by atoms with van der Waals surface area (Å²) in [5.41, 5.74) is 0. The van der Waals surface area contributed by atoms with Crippen LogP contribution >= 0.6 is 11.6 Å². The van der Waals surface area contributed by atoms with E-state index < -0.39 is 42.2 Å². The summed E-state index contributed by atoms with van der Waals surface area (Å²) in [7, 11) is 0. The molecule has 0 saturated carbocycles. The third kappa shape index (κ3) is 4.94. The summed E-state index contributed by atoms with van der Waals surface area (Å²) in [6, 6.07) is 0.799. The van der Waals surface area contributed by atoms with Gasteiger partial charge in [-0.15, -0.1) is 0 Å². The van der Waals surface area contributed by atoms with Gasteiger partial charge in [-0.1, -0.05) is 11.6 Å². The van der Waals surface area contributed by atoms with Crippen molar-refractivity contribution in [2.75, 3.05) is 6.61 Å². The number of nitrogens with zero attached hydrogens (tertiary/aromatic N) is 2. The minimum atomic E-state index is -4.85. The van der Waals surface area contributed by atoms with Gasteiger partial charge >= 0.3 is 12.4 Å². The van der Waals surface area contributed by atoms with Crippen molar-refractivity contribution in [1.29, 1.82) is 0 Å². The van der Waals surface area contributed by atoms with Crippen LogP contribution in [0.15, 0.2) is 6.07 Å². The van der Waals surface area contributed by atoms with Gasteiger partial charge in [0.2, 0.25) is 11.7 Å². The van der Waals surface area contributed by atoms with E-state index in [2.05, 4.69) is 14.7 Å². The molecule has 1 rings (SSSR count). The number of aromatic nitrogens is 2. The molecule has 1 heterocycles. The Balaban J connectivity index is 2.75. The minimum Gasteiger partial charge on any atom is -0.477 e. The van der Waals surface area contributed by atoms with E-state index in [-0.39, 0.29) is 0 Å². The summed E-state index contributed by atoms with van der Waals surface area (Å²) < 4.78 is 76.5. The Kier molecular flexibility index (Phi) is 4.25. The van der Waals surface area contributed by atoms with Gasteiger partial charge in [-0.3, -0.25) is 0 Å². The van der Waals surface area contributed by atoms with Crippen LogP contribution in [0.1, 0.15) is 12.2 Å². The van der Waals surface area contributed by atoms with E-state index in [1.165, 1.54) is 0 Å². The second kappa shape index (κ2) is 5.17. The molecule has 0 amide bonds. The van der Waals surface area contributed by atoms with E-state index in [1.54, 1.807) is 0 Å². The number of hydrogen-bond acceptors (Lipinski definition) is 3. The first-order valence-corrected chi connectivity index (χ1v) is 4.77. The molecule has 1 aromatic rings. The number of ether oxygens (including phenoxy) is 1. The molecule has 0 fully saturated rings. The van der Waals surface area contributed by atoms with Gasteiger partial charge in [-0.05, 0) is 0 Å².